The van der Waals surface area contributed by atoms with Crippen LogP contribution < -0.4 is 0 Å². The van der Waals surface area contributed by atoms with Crippen LogP contribution in [0.15, 0.2) is 0 Å². The van der Waals surface area contributed by atoms with E-state index < -0.39 is 5.41 Å². The topological polar surface area (TPSA) is 65.1 Å². The molecule has 0 amide bonds. The molecule has 2 atom stereocenters. The van der Waals surface area contributed by atoms with Gasteiger partial charge in [-0.05, 0) is 41.3 Å². The molecular formula is C17H33I3NO5V. The maximum absolute atomic E-state index is 12.0. The summed E-state index contributed by atoms with van der Waals surface area (Å²) >= 11 is 7.39. The summed E-state index contributed by atoms with van der Waals surface area (Å²) in [6.07, 6.45) is 0.483. The summed E-state index contributed by atoms with van der Waals surface area (Å²) in [5.41, 5.74) is -0.735. The number of likely N-dealkylation sites (N-methyl/N-ethyl adjacent to an activating group) is 1. The van der Waals surface area contributed by atoms with E-state index in [9.17, 15) is 9.59 Å². The van der Waals surface area contributed by atoms with Gasteiger partial charge < -0.3 is 19.1 Å². The molecule has 27 heavy (non-hydrogen) atoms. The van der Waals surface area contributed by atoms with Crippen molar-refractivity contribution in [3.05, 3.63) is 0 Å². The van der Waals surface area contributed by atoms with Gasteiger partial charge >= 0.3 is 76.8 Å². The van der Waals surface area contributed by atoms with Crippen molar-refractivity contribution in [1.29, 1.82) is 0 Å². The van der Waals surface area contributed by atoms with E-state index >= 15 is 0 Å². The molecule has 0 radical (unpaired) electrons. The second kappa shape index (κ2) is 17.3. The Morgan fingerprint density at radius 2 is 1.63 bits per heavy atom. The van der Waals surface area contributed by atoms with Gasteiger partial charge in [-0.25, -0.2) is 0 Å². The summed E-state index contributed by atoms with van der Waals surface area (Å²) in [6, 6.07) is 0. The van der Waals surface area contributed by atoms with Gasteiger partial charge in [-0.15, -0.1) is 0 Å². The van der Waals surface area contributed by atoms with Crippen LogP contribution in [-0.2, 0) is 28.7 Å². The van der Waals surface area contributed by atoms with Gasteiger partial charge in [0.2, 0.25) is 0 Å². The van der Waals surface area contributed by atoms with Crippen LogP contribution in [0.3, 0.4) is 0 Å². The Hall–Kier alpha value is 1.63. The van der Waals surface area contributed by atoms with Crippen LogP contribution in [0.2, 0.25) is 0 Å². The molecule has 0 saturated heterocycles. The standard InChI is InChI=1S/C17H33NO5.3HI.V/c1-8-13(2)15(19)22-11-14(3)23-12-17(4,5)16(20)21-10-9-18(6)7;;;;/h13-14H,8-12H2,1-7H3;3*1H;/q;;;;+3/p-3. The number of carbonyl (C=O) groups is 2. The summed E-state index contributed by atoms with van der Waals surface area (Å²) in [5.74, 6) is -0.612. The molecule has 6 nitrogen and oxygen atoms in total. The third-order valence-corrected chi connectivity index (χ3v) is 3.53. The molecule has 2 unspecified atom stereocenters. The van der Waals surface area contributed by atoms with Gasteiger partial charge in [0.25, 0.3) is 0 Å². The predicted octanol–water partition coefficient (Wildman–Crippen LogP) is 4.77. The van der Waals surface area contributed by atoms with E-state index in [0.717, 1.165) is 6.42 Å². The number of hydrogen-bond acceptors (Lipinski definition) is 6. The molecule has 0 aromatic rings. The van der Waals surface area contributed by atoms with E-state index in [0.29, 0.717) is 13.2 Å². The molecule has 0 aromatic carbocycles. The van der Waals surface area contributed by atoms with Crippen molar-refractivity contribution in [2.45, 2.75) is 47.1 Å². The number of halogens is 3. The van der Waals surface area contributed by atoms with Crippen molar-refractivity contribution in [1.82, 2.24) is 4.90 Å². The first-order chi connectivity index (χ1) is 12.3. The molecular weight excluding hydrogens is 730 g/mol. The molecule has 162 valence electrons. The van der Waals surface area contributed by atoms with Crippen LogP contribution in [0, 0.1) is 11.3 Å². The quantitative estimate of drug-likeness (QED) is 0.224. The molecule has 0 aliphatic carbocycles. The Kier molecular flexibility index (Phi) is 19.8. The van der Waals surface area contributed by atoms with Crippen LogP contribution in [0.5, 0.6) is 0 Å². The van der Waals surface area contributed by atoms with Crippen molar-refractivity contribution in [3.63, 3.8) is 0 Å². The van der Waals surface area contributed by atoms with Crippen LogP contribution in [0.4, 0.5) is 0 Å². The summed E-state index contributed by atoms with van der Waals surface area (Å²) in [4.78, 5) is 25.3. The van der Waals surface area contributed by atoms with Crippen molar-refractivity contribution in [3.8, 4) is 0 Å². The molecule has 0 bridgehead atoms. The molecule has 0 N–H and O–H groups in total. The number of nitrogens with zero attached hydrogens (tertiary/aromatic N) is 1. The second-order valence-electron chi connectivity index (χ2n) is 7.08. The van der Waals surface area contributed by atoms with Crippen molar-refractivity contribution < 1.29 is 28.7 Å². The van der Waals surface area contributed by atoms with Gasteiger partial charge in [0.15, 0.2) is 0 Å². The average Bonchev–Trinajstić information content (AvgIpc) is 2.56. The summed E-state index contributed by atoms with van der Waals surface area (Å²) < 4.78 is 16.1. The first-order valence-electron chi connectivity index (χ1n) is 8.71. The zero-order valence-electron chi connectivity index (χ0n) is 17.3. The predicted molar refractivity (Wildman–Crippen MR) is 131 cm³/mol. The van der Waals surface area contributed by atoms with E-state index in [1.165, 1.54) is 0 Å². The Bertz CT molecular complexity index is 423. The van der Waals surface area contributed by atoms with Gasteiger partial charge in [0, 0.05) is 6.54 Å². The molecule has 0 spiro atoms. The van der Waals surface area contributed by atoms with E-state index in [2.05, 4.69) is 59.9 Å². The zero-order chi connectivity index (χ0) is 21.6. The molecule has 0 rings (SSSR count). The minimum absolute atomic E-state index is 0.106. The van der Waals surface area contributed by atoms with Crippen LogP contribution in [-0.4, -0.2) is 63.4 Å². The fraction of sp³-hybridized carbons (Fsp3) is 0.882. The molecule has 0 heterocycles. The molecule has 0 saturated carbocycles. The number of hydrogen-bond donors (Lipinski definition) is 0. The van der Waals surface area contributed by atoms with E-state index in [1.54, 1.807) is 13.8 Å². The van der Waals surface area contributed by atoms with Crippen LogP contribution in [0.25, 0.3) is 0 Å². The number of rotatable bonds is 11. The SMILES string of the molecule is CCC(C)C(=O)OCC(C)OCC(C)(C)C(=O)OCCN(C)C.[I][V]([I])[I]. The zero-order valence-corrected chi connectivity index (χ0v) is 25.1. The van der Waals surface area contributed by atoms with Crippen molar-refractivity contribution >= 4 is 71.9 Å². The van der Waals surface area contributed by atoms with Crippen molar-refractivity contribution in [2.24, 2.45) is 11.3 Å². The Morgan fingerprint density at radius 1 is 1.11 bits per heavy atom. The molecule has 0 fully saturated rings. The summed E-state index contributed by atoms with van der Waals surface area (Å²) in [5, 5.41) is 0. The summed E-state index contributed by atoms with van der Waals surface area (Å²) in [7, 11) is 3.84. The van der Waals surface area contributed by atoms with E-state index in [-0.39, 0.29) is 42.1 Å². The third kappa shape index (κ3) is 19.3. The average molecular weight is 763 g/mol. The first kappa shape index (κ1) is 30.8. The van der Waals surface area contributed by atoms with Gasteiger partial charge in [0.05, 0.1) is 24.0 Å². The van der Waals surface area contributed by atoms with Gasteiger partial charge in [-0.2, -0.15) is 0 Å². The van der Waals surface area contributed by atoms with Crippen LogP contribution >= 0.6 is 59.9 Å². The van der Waals surface area contributed by atoms with Gasteiger partial charge in [0.1, 0.15) is 13.2 Å². The van der Waals surface area contributed by atoms with Crippen molar-refractivity contribution in [2.75, 3.05) is 40.5 Å². The normalized spacial score (nSPS) is 13.6. The third-order valence-electron chi connectivity index (χ3n) is 3.53. The van der Waals surface area contributed by atoms with Gasteiger partial charge in [-0.1, -0.05) is 13.8 Å². The monoisotopic (exact) mass is 763 g/mol. The Labute approximate surface area is 202 Å². The maximum atomic E-state index is 12.0. The van der Waals surface area contributed by atoms with E-state index in [4.69, 9.17) is 14.2 Å². The molecule has 0 aliphatic rings. The minimum atomic E-state index is -0.735. The molecule has 10 heteroatoms. The number of esters is 2. The number of carbonyl (C=O) groups excluding carboxylic acids is 2. The number of ether oxygens (including phenoxy) is 3. The second-order valence-corrected chi connectivity index (χ2v) is 42.4. The van der Waals surface area contributed by atoms with E-state index in [1.807, 2.05) is 39.8 Å². The Morgan fingerprint density at radius 3 is 2.07 bits per heavy atom. The first-order valence-corrected chi connectivity index (χ1v) is 22.2. The van der Waals surface area contributed by atoms with Crippen LogP contribution in [0.1, 0.15) is 41.0 Å². The fourth-order valence-corrected chi connectivity index (χ4v) is 1.48. The molecule has 0 aromatic heterocycles. The fourth-order valence-electron chi connectivity index (χ4n) is 1.48. The summed E-state index contributed by atoms with van der Waals surface area (Å²) in [6.45, 7) is 10.6. The molecule has 0 aliphatic heterocycles. The Balaban J connectivity index is 0. The van der Waals surface area contributed by atoms with Gasteiger partial charge in [-0.3, -0.25) is 9.59 Å².